The van der Waals surface area contributed by atoms with Crippen molar-refractivity contribution in [3.8, 4) is 12.0 Å². The van der Waals surface area contributed by atoms with E-state index in [9.17, 15) is 0 Å². The first kappa shape index (κ1) is 6.26. The van der Waals surface area contributed by atoms with Crippen molar-refractivity contribution in [1.82, 2.24) is 0 Å². The van der Waals surface area contributed by atoms with Crippen LogP contribution in [0.4, 0.5) is 0 Å². The Morgan fingerprint density at radius 3 is 1.86 bits per heavy atom. The fourth-order valence-corrected chi connectivity index (χ4v) is 0.697. The molecule has 0 aliphatic heterocycles. The zero-order chi connectivity index (χ0) is 5.70. The van der Waals surface area contributed by atoms with Gasteiger partial charge in [0.05, 0.1) is 0 Å². The molecule has 0 amide bonds. The number of terminal acetylenes is 1. The van der Waals surface area contributed by atoms with Crippen LogP contribution in [0.25, 0.3) is 0 Å². The van der Waals surface area contributed by atoms with Gasteiger partial charge in [0.15, 0.2) is 8.80 Å². The highest BCUT2D eigenvalue weighted by atomic mass is 28.3. The molecular formula is C6H8Si. The van der Waals surface area contributed by atoms with Crippen molar-refractivity contribution < 1.29 is 0 Å². The lowest BCUT2D eigenvalue weighted by Gasteiger charge is -1.85. The third-order valence-corrected chi connectivity index (χ3v) is 2.10. The van der Waals surface area contributed by atoms with E-state index in [1.54, 1.807) is 0 Å². The van der Waals surface area contributed by atoms with Crippen molar-refractivity contribution in [2.75, 3.05) is 0 Å². The minimum Gasteiger partial charge on any atom is -0.129 e. The molecule has 0 aromatic heterocycles. The van der Waals surface area contributed by atoms with Gasteiger partial charge >= 0.3 is 0 Å². The molecule has 0 heterocycles. The van der Waals surface area contributed by atoms with Crippen LogP contribution in [0.2, 0.25) is 0 Å². The van der Waals surface area contributed by atoms with Crippen LogP contribution in [0.1, 0.15) is 0 Å². The van der Waals surface area contributed by atoms with E-state index in [1.165, 1.54) is 0 Å². The molecule has 0 aromatic rings. The van der Waals surface area contributed by atoms with Gasteiger partial charge in [-0.1, -0.05) is 11.4 Å². The number of rotatable bonds is 2. The van der Waals surface area contributed by atoms with Gasteiger partial charge in [0, 0.05) is 0 Å². The van der Waals surface area contributed by atoms with E-state index in [0.717, 1.165) is 0 Å². The first-order valence-electron chi connectivity index (χ1n) is 2.06. The third kappa shape index (κ3) is 2.02. The molecule has 0 saturated carbocycles. The molecule has 0 N–H and O–H groups in total. The molecule has 0 saturated heterocycles. The fraction of sp³-hybridized carbons (Fsp3) is 0. The van der Waals surface area contributed by atoms with Gasteiger partial charge in [-0.15, -0.1) is 25.1 Å². The highest BCUT2D eigenvalue weighted by Gasteiger charge is 1.88. The van der Waals surface area contributed by atoms with Gasteiger partial charge in [-0.25, -0.2) is 0 Å². The summed E-state index contributed by atoms with van der Waals surface area (Å²) >= 11 is 0. The van der Waals surface area contributed by atoms with Crippen LogP contribution in [0.15, 0.2) is 24.6 Å². The quantitative estimate of drug-likeness (QED) is 0.363. The molecule has 0 unspecified atom stereocenters. The Morgan fingerprint density at radius 1 is 1.43 bits per heavy atom. The maximum atomic E-state index is 5.06. The van der Waals surface area contributed by atoms with Crippen LogP contribution in [0.5, 0.6) is 0 Å². The maximum Gasteiger partial charge on any atom is 0.167 e. The van der Waals surface area contributed by atoms with E-state index in [4.69, 9.17) is 6.42 Å². The molecule has 7 heavy (non-hydrogen) atoms. The molecule has 0 aromatic carbocycles. The molecule has 0 atom stereocenters. The van der Waals surface area contributed by atoms with E-state index in [2.05, 4.69) is 18.7 Å². The summed E-state index contributed by atoms with van der Waals surface area (Å²) in [5.74, 6) is 0. The van der Waals surface area contributed by atoms with E-state index >= 15 is 0 Å². The first-order chi connectivity index (χ1) is 3.35. The molecule has 36 valence electrons. The van der Waals surface area contributed by atoms with Gasteiger partial charge in [0.1, 0.15) is 0 Å². The summed E-state index contributed by atoms with van der Waals surface area (Å²) in [6.45, 7) is 7.10. The predicted octanol–water partition coefficient (Wildman–Crippen LogP) is 0.836. The third-order valence-electron chi connectivity index (χ3n) is 0.700. The van der Waals surface area contributed by atoms with Gasteiger partial charge < -0.3 is 0 Å². The normalized spacial score (nSPS) is 7.43. The van der Waals surface area contributed by atoms with Crippen LogP contribution in [-0.4, -0.2) is 8.80 Å². The predicted molar refractivity (Wildman–Crippen MR) is 36.4 cm³/mol. The Labute approximate surface area is 46.2 Å². The zero-order valence-corrected chi connectivity index (χ0v) is 5.38. The van der Waals surface area contributed by atoms with Crippen LogP contribution in [0, 0.1) is 12.0 Å². The highest BCUT2D eigenvalue weighted by Crippen LogP contribution is 1.78. The van der Waals surface area contributed by atoms with E-state index in [0.29, 0.717) is 0 Å². The van der Waals surface area contributed by atoms with E-state index in [-0.39, 0.29) is 0 Å². The second kappa shape index (κ2) is 3.45. The highest BCUT2D eigenvalue weighted by molar-refractivity contribution is 6.76. The van der Waals surface area contributed by atoms with Gasteiger partial charge in [0.25, 0.3) is 0 Å². The standard InChI is InChI=1S/C6H8Si/c1-4-7(5-2)6-3/h1,5-7H,2-3H2. The SMILES string of the molecule is C#C[SiH](C=C)C=C. The summed E-state index contributed by atoms with van der Waals surface area (Å²) in [4.78, 5) is 0. The van der Waals surface area contributed by atoms with Gasteiger partial charge in [-0.2, -0.15) is 0 Å². The van der Waals surface area contributed by atoms with Gasteiger partial charge in [-0.3, -0.25) is 0 Å². The van der Waals surface area contributed by atoms with Crippen molar-refractivity contribution >= 4 is 8.80 Å². The summed E-state index contributed by atoms with van der Waals surface area (Å²) in [7, 11) is -1.12. The Balaban J connectivity index is 3.65. The molecule has 0 aliphatic carbocycles. The molecule has 1 heteroatoms. The minimum atomic E-state index is -1.12. The Kier molecular flexibility index (Phi) is 3.08. The molecule has 0 spiro atoms. The Bertz CT molecular complexity index is 99.8. The summed E-state index contributed by atoms with van der Waals surface area (Å²) in [6.07, 6.45) is 5.06. The second-order valence-corrected chi connectivity index (χ2v) is 3.49. The van der Waals surface area contributed by atoms with Crippen molar-refractivity contribution in [2.24, 2.45) is 0 Å². The monoisotopic (exact) mass is 108 g/mol. The molecule has 0 bridgehead atoms. The smallest absolute Gasteiger partial charge is 0.129 e. The second-order valence-electron chi connectivity index (χ2n) is 1.16. The molecule has 0 aliphatic rings. The van der Waals surface area contributed by atoms with Crippen molar-refractivity contribution in [3.63, 3.8) is 0 Å². The molecule has 0 nitrogen and oxygen atoms in total. The van der Waals surface area contributed by atoms with Crippen molar-refractivity contribution in [3.05, 3.63) is 24.6 Å². The van der Waals surface area contributed by atoms with E-state index < -0.39 is 8.80 Å². The lowest BCUT2D eigenvalue weighted by molar-refractivity contribution is 2.34. The van der Waals surface area contributed by atoms with E-state index in [1.807, 2.05) is 11.4 Å². The van der Waals surface area contributed by atoms with Gasteiger partial charge in [-0.05, 0) is 0 Å². The average molecular weight is 108 g/mol. The van der Waals surface area contributed by atoms with Crippen LogP contribution in [-0.2, 0) is 0 Å². The topological polar surface area (TPSA) is 0 Å². The van der Waals surface area contributed by atoms with Crippen molar-refractivity contribution in [1.29, 1.82) is 0 Å². The molecule has 0 rings (SSSR count). The first-order valence-corrected chi connectivity index (χ1v) is 3.97. The van der Waals surface area contributed by atoms with Crippen LogP contribution < -0.4 is 0 Å². The maximum absolute atomic E-state index is 5.06. The zero-order valence-electron chi connectivity index (χ0n) is 4.22. The average Bonchev–Trinajstić information content (AvgIpc) is 1.72. The number of hydrogen-bond acceptors (Lipinski definition) is 0. The van der Waals surface area contributed by atoms with Crippen molar-refractivity contribution in [2.45, 2.75) is 0 Å². The Hall–Kier alpha value is -0.743. The summed E-state index contributed by atoms with van der Waals surface area (Å²) in [5, 5.41) is 0. The summed E-state index contributed by atoms with van der Waals surface area (Å²) < 4.78 is 0. The molecule has 0 fully saturated rings. The summed E-state index contributed by atoms with van der Waals surface area (Å²) in [5.41, 5.74) is 6.23. The lowest BCUT2D eigenvalue weighted by atomic mass is 11.2. The summed E-state index contributed by atoms with van der Waals surface area (Å²) in [6, 6.07) is 0. The fourth-order valence-electron chi connectivity index (χ4n) is 0.232. The Morgan fingerprint density at radius 2 is 1.86 bits per heavy atom. The molecular weight excluding hydrogens is 100 g/mol. The minimum absolute atomic E-state index is 1.12. The van der Waals surface area contributed by atoms with Crippen LogP contribution >= 0.6 is 0 Å². The van der Waals surface area contributed by atoms with Crippen LogP contribution in [0.3, 0.4) is 0 Å². The largest absolute Gasteiger partial charge is 0.167 e. The number of hydrogen-bond donors (Lipinski definition) is 0. The lowest BCUT2D eigenvalue weighted by Crippen LogP contribution is -1.98. The van der Waals surface area contributed by atoms with Gasteiger partial charge in [0.2, 0.25) is 0 Å². The molecule has 0 radical (unpaired) electrons.